The lowest BCUT2D eigenvalue weighted by Crippen LogP contribution is -2.44. The summed E-state index contributed by atoms with van der Waals surface area (Å²) >= 11 is 0. The largest absolute Gasteiger partial charge is 0.396 e. The van der Waals surface area contributed by atoms with Gasteiger partial charge in [-0.25, -0.2) is 4.68 Å². The Bertz CT molecular complexity index is 761. The van der Waals surface area contributed by atoms with Crippen molar-refractivity contribution in [3.8, 4) is 5.69 Å². The molecular formula is C20H27N3O3. The zero-order chi connectivity index (χ0) is 18.7. The Balaban J connectivity index is 1.72. The lowest BCUT2D eigenvalue weighted by molar-refractivity contribution is -0.0282. The smallest absolute Gasteiger partial charge is 0.253 e. The van der Waals surface area contributed by atoms with Crippen LogP contribution in [0.5, 0.6) is 0 Å². The van der Waals surface area contributed by atoms with E-state index >= 15 is 0 Å². The van der Waals surface area contributed by atoms with Crippen LogP contribution in [0.1, 0.15) is 34.6 Å². The van der Waals surface area contributed by atoms with E-state index in [9.17, 15) is 9.90 Å². The van der Waals surface area contributed by atoms with Gasteiger partial charge in [-0.1, -0.05) is 0 Å². The van der Waals surface area contributed by atoms with Crippen LogP contribution in [0.2, 0.25) is 0 Å². The molecule has 1 N–H and O–H groups in total. The second kappa shape index (κ2) is 7.60. The Morgan fingerprint density at radius 2 is 1.92 bits per heavy atom. The van der Waals surface area contributed by atoms with E-state index in [1.54, 1.807) is 11.9 Å². The molecule has 0 saturated carbocycles. The Labute approximate surface area is 154 Å². The molecule has 0 bridgehead atoms. The number of rotatable bonds is 5. The molecule has 0 radical (unpaired) electrons. The van der Waals surface area contributed by atoms with Gasteiger partial charge in [0.1, 0.15) is 0 Å². The molecule has 1 aromatic heterocycles. The molecule has 3 rings (SSSR count). The number of benzene rings is 1. The molecule has 1 aliphatic rings. The predicted molar refractivity (Wildman–Crippen MR) is 99.6 cm³/mol. The minimum absolute atomic E-state index is 0.0377. The number of ether oxygens (including phenoxy) is 1. The highest BCUT2D eigenvalue weighted by Gasteiger charge is 2.34. The first-order chi connectivity index (χ1) is 12.4. The van der Waals surface area contributed by atoms with Crippen LogP contribution in [0.25, 0.3) is 5.69 Å². The Morgan fingerprint density at radius 1 is 1.27 bits per heavy atom. The second-order valence-electron chi connectivity index (χ2n) is 7.32. The van der Waals surface area contributed by atoms with Gasteiger partial charge in [-0.2, -0.15) is 5.10 Å². The van der Waals surface area contributed by atoms with Gasteiger partial charge in [0.15, 0.2) is 0 Å². The van der Waals surface area contributed by atoms with Gasteiger partial charge in [0.05, 0.1) is 18.0 Å². The van der Waals surface area contributed by atoms with Crippen LogP contribution in [-0.2, 0) is 4.74 Å². The fourth-order valence-corrected chi connectivity index (χ4v) is 3.60. The molecule has 140 valence electrons. The van der Waals surface area contributed by atoms with Crippen molar-refractivity contribution in [2.45, 2.75) is 26.7 Å². The molecule has 1 amide bonds. The fourth-order valence-electron chi connectivity index (χ4n) is 3.60. The summed E-state index contributed by atoms with van der Waals surface area (Å²) in [5, 5.41) is 14.3. The van der Waals surface area contributed by atoms with Crippen molar-refractivity contribution >= 4 is 5.91 Å². The Hall–Kier alpha value is -2.18. The average Bonchev–Trinajstić information content (AvgIpc) is 3.00. The van der Waals surface area contributed by atoms with E-state index in [2.05, 4.69) is 5.10 Å². The maximum Gasteiger partial charge on any atom is 0.253 e. The summed E-state index contributed by atoms with van der Waals surface area (Å²) in [5.74, 6) is -0.0377. The van der Waals surface area contributed by atoms with Gasteiger partial charge in [-0.3, -0.25) is 4.79 Å². The summed E-state index contributed by atoms with van der Waals surface area (Å²) in [5.41, 5.74) is 3.34. The molecule has 26 heavy (non-hydrogen) atoms. The number of aromatic nitrogens is 2. The molecule has 2 aromatic rings. The summed E-state index contributed by atoms with van der Waals surface area (Å²) < 4.78 is 7.27. The van der Waals surface area contributed by atoms with E-state index in [0.717, 1.165) is 29.9 Å². The fraction of sp³-hybridized carbons (Fsp3) is 0.500. The first kappa shape index (κ1) is 18.6. The van der Waals surface area contributed by atoms with Gasteiger partial charge >= 0.3 is 0 Å². The van der Waals surface area contributed by atoms with E-state index in [4.69, 9.17) is 4.74 Å². The number of aliphatic hydroxyl groups is 1. The van der Waals surface area contributed by atoms with Gasteiger partial charge in [-0.15, -0.1) is 0 Å². The van der Waals surface area contributed by atoms with Crippen LogP contribution in [0.3, 0.4) is 0 Å². The molecular weight excluding hydrogens is 330 g/mol. The number of nitrogens with zero attached hydrogens (tertiary/aromatic N) is 3. The molecule has 6 nitrogen and oxygen atoms in total. The van der Waals surface area contributed by atoms with E-state index in [-0.39, 0.29) is 17.9 Å². The van der Waals surface area contributed by atoms with Gasteiger partial charge in [0.2, 0.25) is 0 Å². The van der Waals surface area contributed by atoms with Crippen molar-refractivity contribution in [3.05, 3.63) is 47.3 Å². The molecule has 1 fully saturated rings. The van der Waals surface area contributed by atoms with Crippen LogP contribution >= 0.6 is 0 Å². The zero-order valence-corrected chi connectivity index (χ0v) is 15.7. The van der Waals surface area contributed by atoms with Gasteiger partial charge in [0.25, 0.3) is 5.91 Å². The summed E-state index contributed by atoms with van der Waals surface area (Å²) in [4.78, 5) is 14.5. The highest BCUT2D eigenvalue weighted by Crippen LogP contribution is 2.31. The van der Waals surface area contributed by atoms with Crippen molar-refractivity contribution in [1.29, 1.82) is 0 Å². The first-order valence-corrected chi connectivity index (χ1v) is 9.02. The molecule has 0 unspecified atom stereocenters. The quantitative estimate of drug-likeness (QED) is 0.892. The van der Waals surface area contributed by atoms with Crippen molar-refractivity contribution in [2.24, 2.45) is 5.41 Å². The van der Waals surface area contributed by atoms with Crippen LogP contribution in [0, 0.1) is 19.3 Å². The minimum atomic E-state index is -0.258. The topological polar surface area (TPSA) is 67.6 Å². The number of carbonyl (C=O) groups is 1. The van der Waals surface area contributed by atoms with Crippen LogP contribution in [-0.4, -0.2) is 59.1 Å². The maximum atomic E-state index is 12.8. The normalized spacial score (nSPS) is 16.5. The summed E-state index contributed by atoms with van der Waals surface area (Å²) in [6, 6.07) is 9.52. The number of aryl methyl sites for hydroxylation is 2. The van der Waals surface area contributed by atoms with Crippen molar-refractivity contribution in [1.82, 2.24) is 14.7 Å². The number of carbonyl (C=O) groups excluding carboxylic acids is 1. The van der Waals surface area contributed by atoms with E-state index in [1.165, 1.54) is 0 Å². The first-order valence-electron chi connectivity index (χ1n) is 9.02. The van der Waals surface area contributed by atoms with E-state index in [0.29, 0.717) is 25.3 Å². The molecule has 0 aliphatic carbocycles. The highest BCUT2D eigenvalue weighted by molar-refractivity contribution is 5.94. The lowest BCUT2D eigenvalue weighted by Gasteiger charge is -2.38. The summed E-state index contributed by atoms with van der Waals surface area (Å²) in [7, 11) is 1.80. The Kier molecular flexibility index (Phi) is 5.44. The van der Waals surface area contributed by atoms with Gasteiger partial charge in [-0.05, 0) is 57.0 Å². The number of amides is 1. The van der Waals surface area contributed by atoms with Crippen molar-refractivity contribution in [2.75, 3.05) is 33.4 Å². The third kappa shape index (κ3) is 3.81. The van der Waals surface area contributed by atoms with E-state index < -0.39 is 0 Å². The van der Waals surface area contributed by atoms with Crippen LogP contribution in [0.4, 0.5) is 0 Å². The molecule has 6 heteroatoms. The van der Waals surface area contributed by atoms with Gasteiger partial charge < -0.3 is 14.7 Å². The number of hydrogen-bond donors (Lipinski definition) is 1. The predicted octanol–water partition coefficient (Wildman–Crippen LogP) is 2.35. The maximum absolute atomic E-state index is 12.8. The second-order valence-corrected chi connectivity index (χ2v) is 7.32. The number of hydrogen-bond acceptors (Lipinski definition) is 4. The molecule has 2 heterocycles. The standard InChI is InChI=1S/C20H27N3O3/c1-15-12-16(2)23(21-15)18-6-4-17(5-7-18)19(25)22(3)13-20(14-24)8-10-26-11-9-20/h4-7,12,24H,8-11,13-14H2,1-3H3. The molecule has 1 aliphatic heterocycles. The van der Waals surface area contributed by atoms with Crippen molar-refractivity contribution in [3.63, 3.8) is 0 Å². The van der Waals surface area contributed by atoms with Crippen LogP contribution < -0.4 is 0 Å². The molecule has 0 atom stereocenters. The van der Waals surface area contributed by atoms with Gasteiger partial charge in [0, 0.05) is 43.5 Å². The van der Waals surface area contributed by atoms with E-state index in [1.807, 2.05) is 48.9 Å². The third-order valence-corrected chi connectivity index (χ3v) is 5.18. The van der Waals surface area contributed by atoms with Crippen molar-refractivity contribution < 1.29 is 14.6 Å². The SMILES string of the molecule is Cc1cc(C)n(-c2ccc(C(=O)N(C)CC3(CO)CCOCC3)cc2)n1. The zero-order valence-electron chi connectivity index (χ0n) is 15.7. The monoisotopic (exact) mass is 357 g/mol. The minimum Gasteiger partial charge on any atom is -0.396 e. The molecule has 1 saturated heterocycles. The molecule has 0 spiro atoms. The lowest BCUT2D eigenvalue weighted by atomic mass is 9.80. The number of aliphatic hydroxyl groups excluding tert-OH is 1. The Morgan fingerprint density at radius 3 is 2.46 bits per heavy atom. The summed E-state index contributed by atoms with van der Waals surface area (Å²) in [6.07, 6.45) is 1.55. The average molecular weight is 357 g/mol. The summed E-state index contributed by atoms with van der Waals surface area (Å²) in [6.45, 7) is 5.86. The third-order valence-electron chi connectivity index (χ3n) is 5.18. The van der Waals surface area contributed by atoms with Crippen LogP contribution in [0.15, 0.2) is 30.3 Å². The highest BCUT2D eigenvalue weighted by atomic mass is 16.5. The molecule has 1 aromatic carbocycles.